The molecule has 7 nitrogen and oxygen atoms in total. The van der Waals surface area contributed by atoms with Crippen molar-refractivity contribution in [3.05, 3.63) is 0 Å². The Hall–Kier alpha value is -1.41. The summed E-state index contributed by atoms with van der Waals surface area (Å²) < 4.78 is 0. The van der Waals surface area contributed by atoms with Crippen LogP contribution in [0.1, 0.15) is 12.8 Å². The normalized spacial score (nSPS) is 13.2. The molecule has 0 aliphatic heterocycles. The number of carboxylic acid groups (broad SMARTS) is 2. The number of nitrogens with two attached hydrogens (primary N) is 1. The monoisotopic (exact) mass is 248 g/mol. The molecule has 0 saturated carbocycles. The molecule has 0 spiro atoms. The van der Waals surface area contributed by atoms with E-state index >= 15 is 0 Å². The Morgan fingerprint density at radius 1 is 1.31 bits per heavy atom. The topological polar surface area (TPSA) is 130 Å². The highest BCUT2D eigenvalue weighted by molar-refractivity contribution is 7.81. The maximum atomic E-state index is 11.1. The van der Waals surface area contributed by atoms with Crippen LogP contribution in [0.25, 0.3) is 0 Å². The zero-order chi connectivity index (χ0) is 12.7. The average Bonchev–Trinajstić information content (AvgIpc) is 2.21. The van der Waals surface area contributed by atoms with E-state index in [1.54, 1.807) is 0 Å². The van der Waals surface area contributed by atoms with Crippen LogP contribution in [0.15, 0.2) is 4.99 Å². The van der Waals surface area contributed by atoms with Crippen molar-refractivity contribution in [3.8, 4) is 0 Å². The Kier molecular flexibility index (Phi) is 6.35. The van der Waals surface area contributed by atoms with Gasteiger partial charge in [-0.25, -0.2) is 9.79 Å². The van der Waals surface area contributed by atoms with Gasteiger partial charge in [-0.3, -0.25) is 9.59 Å². The van der Waals surface area contributed by atoms with E-state index in [2.05, 4.69) is 17.6 Å². The van der Waals surface area contributed by atoms with Crippen molar-refractivity contribution in [1.82, 2.24) is 0 Å². The molecule has 0 unspecified atom stereocenters. The molecule has 0 fully saturated rings. The van der Waals surface area contributed by atoms with Gasteiger partial charge in [0, 0.05) is 12.2 Å². The fourth-order valence-corrected chi connectivity index (χ4v) is 0.966. The summed E-state index contributed by atoms with van der Waals surface area (Å²) in [6, 6.07) is -1.15. The van der Waals surface area contributed by atoms with E-state index in [4.69, 9.17) is 15.9 Å². The molecule has 0 saturated heterocycles. The number of thiol groups is 1. The number of carbonyl (C=O) groups excluding carboxylic acids is 1. The highest BCUT2D eigenvalue weighted by atomic mass is 32.1. The zero-order valence-corrected chi connectivity index (χ0v) is 9.18. The second-order valence-electron chi connectivity index (χ2n) is 2.90. The van der Waals surface area contributed by atoms with Crippen molar-refractivity contribution in [2.24, 2.45) is 10.7 Å². The molecule has 1 amide bonds. The van der Waals surface area contributed by atoms with E-state index in [0.29, 0.717) is 0 Å². The summed E-state index contributed by atoms with van der Waals surface area (Å²) in [5.41, 5.74) is 4.78. The van der Waals surface area contributed by atoms with Gasteiger partial charge in [-0.15, -0.1) is 0 Å². The molecule has 0 aliphatic rings. The fraction of sp³-hybridized carbons (Fsp3) is 0.500. The Balaban J connectivity index is 4.27. The Labute approximate surface area is 96.8 Å². The third-order valence-corrected chi connectivity index (χ3v) is 1.94. The Bertz CT molecular complexity index is 328. The van der Waals surface area contributed by atoms with Crippen LogP contribution in [0.5, 0.6) is 0 Å². The van der Waals surface area contributed by atoms with Gasteiger partial charge in [0.1, 0.15) is 11.8 Å². The summed E-state index contributed by atoms with van der Waals surface area (Å²) in [4.78, 5) is 35.2. The van der Waals surface area contributed by atoms with Gasteiger partial charge < -0.3 is 15.9 Å². The number of aliphatic imine (C=N–C) groups is 1. The average molecular weight is 248 g/mol. The van der Waals surface area contributed by atoms with Gasteiger partial charge in [0.2, 0.25) is 5.91 Å². The van der Waals surface area contributed by atoms with Gasteiger partial charge in [0.25, 0.3) is 0 Å². The molecule has 0 aromatic carbocycles. The van der Waals surface area contributed by atoms with Crippen molar-refractivity contribution in [2.45, 2.75) is 18.9 Å². The van der Waals surface area contributed by atoms with E-state index in [1.165, 1.54) is 0 Å². The zero-order valence-electron chi connectivity index (χ0n) is 8.29. The number of carboxylic acids is 2. The van der Waals surface area contributed by atoms with Gasteiger partial charge in [-0.05, 0) is 6.42 Å². The number of rotatable bonds is 6. The van der Waals surface area contributed by atoms with Gasteiger partial charge in [0.15, 0.2) is 0 Å². The van der Waals surface area contributed by atoms with Crippen molar-refractivity contribution in [2.75, 3.05) is 5.75 Å². The van der Waals surface area contributed by atoms with E-state index in [-0.39, 0.29) is 24.3 Å². The van der Waals surface area contributed by atoms with Crippen LogP contribution in [0.3, 0.4) is 0 Å². The quantitative estimate of drug-likeness (QED) is 0.358. The molecule has 0 rings (SSSR count). The van der Waals surface area contributed by atoms with Crippen LogP contribution in [0, 0.1) is 0 Å². The lowest BCUT2D eigenvalue weighted by molar-refractivity contribution is -0.138. The first-order valence-corrected chi connectivity index (χ1v) is 4.94. The highest BCUT2D eigenvalue weighted by Crippen LogP contribution is 1.98. The summed E-state index contributed by atoms with van der Waals surface area (Å²) in [5, 5.41) is 17.0. The lowest BCUT2D eigenvalue weighted by Crippen LogP contribution is -2.30. The molecular formula is C8H12N2O5S. The number of hydrogen-bond donors (Lipinski definition) is 4. The van der Waals surface area contributed by atoms with Crippen molar-refractivity contribution in [3.63, 3.8) is 0 Å². The predicted molar refractivity (Wildman–Crippen MR) is 58.8 cm³/mol. The van der Waals surface area contributed by atoms with Crippen LogP contribution in [-0.2, 0) is 14.4 Å². The third-order valence-electron chi connectivity index (χ3n) is 1.64. The van der Waals surface area contributed by atoms with Crippen molar-refractivity contribution >= 4 is 36.2 Å². The fourth-order valence-electron chi connectivity index (χ4n) is 0.760. The van der Waals surface area contributed by atoms with Crippen LogP contribution >= 0.6 is 12.6 Å². The number of aliphatic carboxylic acids is 2. The summed E-state index contributed by atoms with van der Waals surface area (Å²) in [6.07, 6.45) is -0.296. The molecule has 90 valence electrons. The highest BCUT2D eigenvalue weighted by Gasteiger charge is 2.14. The lowest BCUT2D eigenvalue weighted by atomic mass is 10.1. The molecule has 0 aromatic rings. The first kappa shape index (κ1) is 14.6. The maximum absolute atomic E-state index is 11.1. The Morgan fingerprint density at radius 2 is 1.88 bits per heavy atom. The second kappa shape index (κ2) is 6.96. The smallest absolute Gasteiger partial charge is 0.351 e. The van der Waals surface area contributed by atoms with Crippen LogP contribution in [-0.4, -0.2) is 45.6 Å². The van der Waals surface area contributed by atoms with Crippen LogP contribution < -0.4 is 5.73 Å². The second-order valence-corrected chi connectivity index (χ2v) is 3.22. The van der Waals surface area contributed by atoms with Crippen molar-refractivity contribution < 1.29 is 24.6 Å². The minimum Gasteiger partial charge on any atom is -0.480 e. The van der Waals surface area contributed by atoms with Gasteiger partial charge >= 0.3 is 11.9 Å². The van der Waals surface area contributed by atoms with E-state index in [1.807, 2.05) is 0 Å². The predicted octanol–water partition coefficient (Wildman–Crippen LogP) is -0.839. The minimum absolute atomic E-state index is 0.0862. The summed E-state index contributed by atoms with van der Waals surface area (Å²) in [5.74, 6) is -3.44. The standard InChI is InChI=1S/C8H12N2O5S/c9-4(7(12)13)1-2-6(11)10-5(3-16)8(14)15/h4,16H,1-3,9H2,(H,12,13)(H,14,15)/b10-5+/t4-/m0/s1. The number of carbonyl (C=O) groups is 3. The molecule has 1 atom stereocenters. The van der Waals surface area contributed by atoms with Crippen LogP contribution in [0.4, 0.5) is 0 Å². The molecule has 0 radical (unpaired) electrons. The van der Waals surface area contributed by atoms with Crippen molar-refractivity contribution in [1.29, 1.82) is 0 Å². The van der Waals surface area contributed by atoms with E-state index in [9.17, 15) is 14.4 Å². The maximum Gasteiger partial charge on any atom is 0.351 e. The van der Waals surface area contributed by atoms with Gasteiger partial charge in [-0.2, -0.15) is 12.6 Å². The third kappa shape index (κ3) is 5.47. The first-order chi connectivity index (χ1) is 7.38. The van der Waals surface area contributed by atoms with E-state index < -0.39 is 23.9 Å². The number of hydrogen-bond acceptors (Lipinski definition) is 5. The summed E-state index contributed by atoms with van der Waals surface area (Å²) in [7, 11) is 0. The molecular weight excluding hydrogens is 236 g/mol. The first-order valence-electron chi connectivity index (χ1n) is 4.31. The molecule has 16 heavy (non-hydrogen) atoms. The number of amides is 1. The molecule has 0 aromatic heterocycles. The lowest BCUT2D eigenvalue weighted by Gasteiger charge is -2.03. The molecule has 0 heterocycles. The molecule has 0 bridgehead atoms. The minimum atomic E-state index is -1.33. The van der Waals surface area contributed by atoms with Gasteiger partial charge in [0.05, 0.1) is 0 Å². The molecule has 0 aliphatic carbocycles. The molecule has 4 N–H and O–H groups in total. The Morgan fingerprint density at radius 3 is 2.25 bits per heavy atom. The number of nitrogens with zero attached hydrogens (tertiary/aromatic N) is 1. The van der Waals surface area contributed by atoms with E-state index in [0.717, 1.165) is 0 Å². The van der Waals surface area contributed by atoms with Crippen LogP contribution in [0.2, 0.25) is 0 Å². The SMILES string of the molecule is N[C@@H](CCC(=O)/N=C(\CS)C(=O)O)C(=O)O. The summed E-state index contributed by atoms with van der Waals surface area (Å²) >= 11 is 3.69. The van der Waals surface area contributed by atoms with Gasteiger partial charge in [-0.1, -0.05) is 0 Å². The molecule has 8 heteroatoms. The summed E-state index contributed by atoms with van der Waals surface area (Å²) in [6.45, 7) is 0. The largest absolute Gasteiger partial charge is 0.480 e.